The molecular formula is C13H17F3. The van der Waals surface area contributed by atoms with Gasteiger partial charge in [0, 0.05) is 0 Å². The smallest absolute Gasteiger partial charge is 0.166 e. The molecule has 0 bridgehead atoms. The first-order valence-electron chi connectivity index (χ1n) is 5.56. The van der Waals surface area contributed by atoms with Crippen LogP contribution in [0.2, 0.25) is 0 Å². The molecule has 0 nitrogen and oxygen atoms in total. The highest BCUT2D eigenvalue weighted by Gasteiger charge is 2.30. The molecule has 0 aliphatic carbocycles. The third kappa shape index (κ3) is 3.00. The molecule has 0 aliphatic heterocycles. The Bertz CT molecular complexity index is 351. The first kappa shape index (κ1) is 13.1. The van der Waals surface area contributed by atoms with Gasteiger partial charge in [0.25, 0.3) is 0 Å². The van der Waals surface area contributed by atoms with Crippen molar-refractivity contribution < 1.29 is 13.2 Å². The van der Waals surface area contributed by atoms with Crippen molar-refractivity contribution >= 4 is 0 Å². The van der Waals surface area contributed by atoms with E-state index in [2.05, 4.69) is 0 Å². The lowest BCUT2D eigenvalue weighted by atomic mass is 9.93. The number of alkyl halides is 3. The maximum Gasteiger partial charge on any atom is 0.416 e. The standard InChI is InChI=1S/C13H17F3/c1-4-5-10-8-11(13(14,15)16)6-7-12(10)9(2)3/h6-9H,4-5H2,1-3H3. The van der Waals surface area contributed by atoms with Crippen LogP contribution in [-0.2, 0) is 12.6 Å². The van der Waals surface area contributed by atoms with Gasteiger partial charge in [-0.05, 0) is 35.6 Å². The lowest BCUT2D eigenvalue weighted by Crippen LogP contribution is -2.07. The Kier molecular flexibility index (Phi) is 4.00. The van der Waals surface area contributed by atoms with Crippen LogP contribution in [0.1, 0.15) is 49.8 Å². The third-order valence-electron chi connectivity index (χ3n) is 2.61. The van der Waals surface area contributed by atoms with Crippen molar-refractivity contribution in [2.45, 2.75) is 45.7 Å². The van der Waals surface area contributed by atoms with E-state index in [9.17, 15) is 13.2 Å². The third-order valence-corrected chi connectivity index (χ3v) is 2.61. The van der Waals surface area contributed by atoms with Crippen LogP contribution < -0.4 is 0 Å². The molecule has 90 valence electrons. The minimum Gasteiger partial charge on any atom is -0.166 e. The van der Waals surface area contributed by atoms with Gasteiger partial charge in [-0.1, -0.05) is 33.3 Å². The Hall–Kier alpha value is -0.990. The Morgan fingerprint density at radius 3 is 2.25 bits per heavy atom. The summed E-state index contributed by atoms with van der Waals surface area (Å²) in [5, 5.41) is 0. The Labute approximate surface area is 94.5 Å². The molecule has 0 heterocycles. The van der Waals surface area contributed by atoms with Gasteiger partial charge in [0.2, 0.25) is 0 Å². The average Bonchev–Trinajstić information content (AvgIpc) is 2.16. The number of hydrogen-bond donors (Lipinski definition) is 0. The van der Waals surface area contributed by atoms with Crippen molar-refractivity contribution in [2.75, 3.05) is 0 Å². The minimum absolute atomic E-state index is 0.267. The molecule has 0 radical (unpaired) electrons. The van der Waals surface area contributed by atoms with Crippen LogP contribution in [0.4, 0.5) is 13.2 Å². The zero-order valence-electron chi connectivity index (χ0n) is 9.86. The van der Waals surface area contributed by atoms with Crippen LogP contribution >= 0.6 is 0 Å². The molecule has 0 aromatic heterocycles. The van der Waals surface area contributed by atoms with Crippen molar-refractivity contribution in [3.05, 3.63) is 34.9 Å². The molecule has 1 aromatic rings. The number of hydrogen-bond acceptors (Lipinski definition) is 0. The molecule has 0 N–H and O–H groups in total. The van der Waals surface area contributed by atoms with E-state index in [4.69, 9.17) is 0 Å². The topological polar surface area (TPSA) is 0 Å². The first-order valence-corrected chi connectivity index (χ1v) is 5.56. The predicted octanol–water partition coefficient (Wildman–Crippen LogP) is 4.78. The van der Waals surface area contributed by atoms with Crippen LogP contribution in [0.5, 0.6) is 0 Å². The van der Waals surface area contributed by atoms with E-state index in [1.807, 2.05) is 20.8 Å². The maximum absolute atomic E-state index is 12.5. The van der Waals surface area contributed by atoms with E-state index in [-0.39, 0.29) is 5.92 Å². The van der Waals surface area contributed by atoms with Crippen molar-refractivity contribution in [1.29, 1.82) is 0 Å². The highest BCUT2D eigenvalue weighted by Crippen LogP contribution is 2.32. The normalized spacial score (nSPS) is 12.2. The van der Waals surface area contributed by atoms with Gasteiger partial charge in [-0.25, -0.2) is 0 Å². The molecule has 3 heteroatoms. The zero-order valence-corrected chi connectivity index (χ0v) is 9.86. The summed E-state index contributed by atoms with van der Waals surface area (Å²) in [5.41, 5.74) is 1.31. The van der Waals surface area contributed by atoms with Crippen molar-refractivity contribution in [3.63, 3.8) is 0 Å². The molecule has 16 heavy (non-hydrogen) atoms. The van der Waals surface area contributed by atoms with E-state index in [0.717, 1.165) is 17.5 Å². The second-order valence-electron chi connectivity index (χ2n) is 4.32. The molecule has 0 unspecified atom stereocenters. The molecule has 0 fully saturated rings. The monoisotopic (exact) mass is 230 g/mol. The predicted molar refractivity (Wildman–Crippen MR) is 59.5 cm³/mol. The summed E-state index contributed by atoms with van der Waals surface area (Å²) in [6, 6.07) is 4.08. The summed E-state index contributed by atoms with van der Waals surface area (Å²) >= 11 is 0. The molecule has 0 saturated heterocycles. The minimum atomic E-state index is -4.24. The molecule has 0 amide bonds. The summed E-state index contributed by atoms with van der Waals surface area (Å²) in [6.07, 6.45) is -2.67. The molecule has 0 spiro atoms. The average molecular weight is 230 g/mol. The highest BCUT2D eigenvalue weighted by molar-refractivity contribution is 5.35. The zero-order chi connectivity index (χ0) is 12.3. The van der Waals surface area contributed by atoms with Crippen LogP contribution in [-0.4, -0.2) is 0 Å². The van der Waals surface area contributed by atoms with Crippen molar-refractivity contribution in [2.24, 2.45) is 0 Å². The summed E-state index contributed by atoms with van der Waals surface area (Å²) < 4.78 is 37.6. The molecule has 1 rings (SSSR count). The molecule has 0 saturated carbocycles. The fraction of sp³-hybridized carbons (Fsp3) is 0.538. The lowest BCUT2D eigenvalue weighted by molar-refractivity contribution is -0.137. The lowest BCUT2D eigenvalue weighted by Gasteiger charge is -2.15. The summed E-state index contributed by atoms with van der Waals surface area (Å²) in [6.45, 7) is 5.98. The fourth-order valence-electron chi connectivity index (χ4n) is 1.83. The van der Waals surface area contributed by atoms with Crippen LogP contribution in [0, 0.1) is 0 Å². The number of aryl methyl sites for hydroxylation is 1. The van der Waals surface area contributed by atoms with Crippen LogP contribution in [0.15, 0.2) is 18.2 Å². The van der Waals surface area contributed by atoms with Gasteiger partial charge in [0.05, 0.1) is 5.56 Å². The Balaban J connectivity index is 3.17. The molecule has 1 aromatic carbocycles. The second-order valence-corrected chi connectivity index (χ2v) is 4.32. The van der Waals surface area contributed by atoms with Crippen LogP contribution in [0.3, 0.4) is 0 Å². The van der Waals surface area contributed by atoms with E-state index < -0.39 is 11.7 Å². The van der Waals surface area contributed by atoms with Gasteiger partial charge < -0.3 is 0 Å². The quantitative estimate of drug-likeness (QED) is 0.700. The van der Waals surface area contributed by atoms with Gasteiger partial charge in [-0.3, -0.25) is 0 Å². The van der Waals surface area contributed by atoms with Gasteiger partial charge in [0.15, 0.2) is 0 Å². The van der Waals surface area contributed by atoms with Crippen LogP contribution in [0.25, 0.3) is 0 Å². The van der Waals surface area contributed by atoms with E-state index >= 15 is 0 Å². The first-order chi connectivity index (χ1) is 7.36. The Morgan fingerprint density at radius 1 is 1.19 bits per heavy atom. The summed E-state index contributed by atoms with van der Waals surface area (Å²) in [7, 11) is 0. The SMILES string of the molecule is CCCc1cc(C(F)(F)F)ccc1C(C)C. The van der Waals surface area contributed by atoms with Crippen molar-refractivity contribution in [1.82, 2.24) is 0 Å². The highest BCUT2D eigenvalue weighted by atomic mass is 19.4. The number of halogens is 3. The van der Waals surface area contributed by atoms with Gasteiger partial charge in [0.1, 0.15) is 0 Å². The largest absolute Gasteiger partial charge is 0.416 e. The van der Waals surface area contributed by atoms with Crippen molar-refractivity contribution in [3.8, 4) is 0 Å². The number of rotatable bonds is 3. The molecule has 0 atom stereocenters. The van der Waals surface area contributed by atoms with E-state index in [1.165, 1.54) is 12.1 Å². The summed E-state index contributed by atoms with van der Waals surface area (Å²) in [5.74, 6) is 0.267. The van der Waals surface area contributed by atoms with E-state index in [0.29, 0.717) is 6.42 Å². The fourth-order valence-corrected chi connectivity index (χ4v) is 1.83. The Morgan fingerprint density at radius 2 is 1.81 bits per heavy atom. The van der Waals surface area contributed by atoms with Gasteiger partial charge in [-0.15, -0.1) is 0 Å². The maximum atomic E-state index is 12.5. The van der Waals surface area contributed by atoms with E-state index in [1.54, 1.807) is 6.07 Å². The van der Waals surface area contributed by atoms with Gasteiger partial charge >= 0.3 is 6.18 Å². The van der Waals surface area contributed by atoms with Gasteiger partial charge in [-0.2, -0.15) is 13.2 Å². The summed E-state index contributed by atoms with van der Waals surface area (Å²) in [4.78, 5) is 0. The second kappa shape index (κ2) is 4.89. The molecule has 0 aliphatic rings. The molecular weight excluding hydrogens is 213 g/mol. The number of benzene rings is 1.